The first-order valence-corrected chi connectivity index (χ1v) is 13.0. The lowest BCUT2D eigenvalue weighted by atomic mass is 9.92. The molecule has 2 aromatic carbocycles. The summed E-state index contributed by atoms with van der Waals surface area (Å²) in [5.74, 6) is -0.175. The van der Waals surface area contributed by atoms with Gasteiger partial charge in [-0.05, 0) is 37.3 Å². The molecule has 39 heavy (non-hydrogen) atoms. The van der Waals surface area contributed by atoms with Crippen LogP contribution in [0.25, 0.3) is 27.2 Å². The lowest BCUT2D eigenvalue weighted by Gasteiger charge is -2.41. The van der Waals surface area contributed by atoms with E-state index < -0.39 is 42.9 Å². The van der Waals surface area contributed by atoms with Gasteiger partial charge in [0.2, 0.25) is 0 Å². The fraction of sp³-hybridized carbons (Fsp3) is 0.320. The lowest BCUT2D eigenvalue weighted by Crippen LogP contribution is -2.53. The number of fused-ring (bicyclic) bond motifs is 1. The molecule has 6 rings (SSSR count). The van der Waals surface area contributed by atoms with E-state index in [9.17, 15) is 19.7 Å². The quantitative estimate of drug-likeness (QED) is 0.246. The summed E-state index contributed by atoms with van der Waals surface area (Å²) in [5, 5.41) is 48.7. The molecule has 5 atom stereocenters. The van der Waals surface area contributed by atoms with Crippen LogP contribution in [0.3, 0.4) is 0 Å². The third-order valence-corrected chi connectivity index (χ3v) is 7.73. The molecule has 0 spiro atoms. The molecule has 5 aromatic rings. The summed E-state index contributed by atoms with van der Waals surface area (Å²) < 4.78 is 24.1. The number of aromatic nitrogens is 7. The predicted octanol–water partition coefficient (Wildman–Crippen LogP) is 2.02. The average molecular weight is 553 g/mol. The van der Waals surface area contributed by atoms with Crippen molar-refractivity contribution in [1.29, 1.82) is 0 Å². The minimum absolute atomic E-state index is 0.281. The van der Waals surface area contributed by atoms with Crippen LogP contribution in [0.5, 0.6) is 0 Å². The number of rotatable bonds is 6. The normalized spacial score (nSPS) is 23.4. The first-order chi connectivity index (χ1) is 18.9. The van der Waals surface area contributed by atoms with Gasteiger partial charge >= 0.3 is 0 Å². The summed E-state index contributed by atoms with van der Waals surface area (Å²) in [6.45, 7) is 1.42. The van der Waals surface area contributed by atoms with Crippen molar-refractivity contribution in [3.63, 3.8) is 0 Å². The van der Waals surface area contributed by atoms with E-state index in [1.807, 2.05) is 25.1 Å². The second kappa shape index (κ2) is 10.1. The Morgan fingerprint density at radius 1 is 1.15 bits per heavy atom. The van der Waals surface area contributed by atoms with Crippen LogP contribution in [0, 0.1) is 12.7 Å². The second-order valence-corrected chi connectivity index (χ2v) is 10.4. The molecule has 0 radical (unpaired) electrons. The van der Waals surface area contributed by atoms with E-state index in [2.05, 4.69) is 30.7 Å². The van der Waals surface area contributed by atoms with Gasteiger partial charge in [-0.25, -0.2) is 23.7 Å². The van der Waals surface area contributed by atoms with Gasteiger partial charge < -0.3 is 25.4 Å². The van der Waals surface area contributed by atoms with Gasteiger partial charge in [0.15, 0.2) is 5.82 Å². The van der Waals surface area contributed by atoms with Gasteiger partial charge in [-0.1, -0.05) is 11.3 Å². The highest BCUT2D eigenvalue weighted by Crippen LogP contribution is 2.38. The maximum Gasteiger partial charge on any atom is 0.163 e. The fourth-order valence-electron chi connectivity index (χ4n) is 4.86. The molecule has 1 aliphatic heterocycles. The third-order valence-electron chi connectivity index (χ3n) is 6.79. The molecule has 0 amide bonds. The standard InChI is InChI=1S/C25H25FN8O4S/c1-12-30-17-6-4-14(8-20(17)39-12)34-25(28-11-29-34)24-23(37)21(22(36)19(10-35)38-24)33-9-18(31-32-33)13-3-5-16(27-2)15(26)7-13/h3-9,11,19,21-24,27,35-37H,10H2,1-2H3/t19-,21+,22+,23-,24-/m1/s1. The molecule has 4 heterocycles. The van der Waals surface area contributed by atoms with Crippen LogP contribution in [0.2, 0.25) is 0 Å². The zero-order valence-corrected chi connectivity index (χ0v) is 21.7. The van der Waals surface area contributed by atoms with Crippen molar-refractivity contribution in [3.05, 3.63) is 65.6 Å². The van der Waals surface area contributed by atoms with Crippen LogP contribution < -0.4 is 5.32 Å². The molecule has 0 saturated carbocycles. The maximum absolute atomic E-state index is 14.3. The topological polar surface area (TPSA) is 156 Å². The summed E-state index contributed by atoms with van der Waals surface area (Å²) in [6.07, 6.45) is -1.95. The van der Waals surface area contributed by atoms with Gasteiger partial charge in [-0.15, -0.1) is 16.4 Å². The summed E-state index contributed by atoms with van der Waals surface area (Å²) in [7, 11) is 1.62. The summed E-state index contributed by atoms with van der Waals surface area (Å²) in [4.78, 5) is 8.83. The number of anilines is 1. The largest absolute Gasteiger partial charge is 0.394 e. The van der Waals surface area contributed by atoms with E-state index in [1.54, 1.807) is 35.2 Å². The number of aliphatic hydroxyl groups is 3. The van der Waals surface area contributed by atoms with E-state index in [-0.39, 0.29) is 5.82 Å². The Kier molecular flexibility index (Phi) is 6.56. The first kappa shape index (κ1) is 25.5. The van der Waals surface area contributed by atoms with E-state index in [4.69, 9.17) is 4.74 Å². The first-order valence-electron chi connectivity index (χ1n) is 12.2. The molecule has 202 valence electrons. The number of halogens is 1. The van der Waals surface area contributed by atoms with Crippen molar-refractivity contribution in [2.45, 2.75) is 37.4 Å². The van der Waals surface area contributed by atoms with Crippen LogP contribution >= 0.6 is 11.3 Å². The van der Waals surface area contributed by atoms with Gasteiger partial charge in [0.25, 0.3) is 0 Å². The van der Waals surface area contributed by atoms with E-state index in [0.29, 0.717) is 22.6 Å². The van der Waals surface area contributed by atoms with Crippen molar-refractivity contribution in [3.8, 4) is 16.9 Å². The number of nitrogens with one attached hydrogen (secondary N) is 1. The summed E-state index contributed by atoms with van der Waals surface area (Å²) >= 11 is 1.55. The number of ether oxygens (including phenoxy) is 1. The number of benzene rings is 2. The molecule has 0 unspecified atom stereocenters. The summed E-state index contributed by atoms with van der Waals surface area (Å²) in [6, 6.07) is 9.17. The molecule has 1 aliphatic rings. The molecule has 0 aliphatic carbocycles. The average Bonchev–Trinajstić information content (AvgIpc) is 3.68. The smallest absolute Gasteiger partial charge is 0.163 e. The Bertz CT molecular complexity index is 1640. The van der Waals surface area contributed by atoms with Gasteiger partial charge in [0, 0.05) is 12.6 Å². The molecule has 12 nitrogen and oxygen atoms in total. The highest BCUT2D eigenvalue weighted by molar-refractivity contribution is 7.18. The lowest BCUT2D eigenvalue weighted by molar-refractivity contribution is -0.210. The molecule has 14 heteroatoms. The van der Waals surface area contributed by atoms with Gasteiger partial charge in [-0.3, -0.25) is 0 Å². The Hall–Kier alpha value is -3.82. The zero-order chi connectivity index (χ0) is 27.3. The zero-order valence-electron chi connectivity index (χ0n) is 20.9. The summed E-state index contributed by atoms with van der Waals surface area (Å²) in [5.41, 5.74) is 2.70. The van der Waals surface area contributed by atoms with Crippen LogP contribution in [-0.4, -0.2) is 82.0 Å². The number of aliphatic hydroxyl groups excluding tert-OH is 3. The third kappa shape index (κ3) is 4.45. The minimum atomic E-state index is -1.35. The number of aryl methyl sites for hydroxylation is 1. The fourth-order valence-corrected chi connectivity index (χ4v) is 5.72. The van der Waals surface area contributed by atoms with Crippen LogP contribution in [0.15, 0.2) is 48.9 Å². The Balaban J connectivity index is 1.35. The molecule has 3 aromatic heterocycles. The number of nitrogens with zero attached hydrogens (tertiary/aromatic N) is 7. The molecule has 4 N–H and O–H groups in total. The van der Waals surface area contributed by atoms with Crippen molar-refractivity contribution in [2.75, 3.05) is 19.0 Å². The van der Waals surface area contributed by atoms with Gasteiger partial charge in [-0.2, -0.15) is 5.10 Å². The molecule has 1 fully saturated rings. The van der Waals surface area contributed by atoms with Crippen molar-refractivity contribution in [2.24, 2.45) is 0 Å². The molecule has 0 bridgehead atoms. The Labute approximate surface area is 225 Å². The second-order valence-electron chi connectivity index (χ2n) is 9.19. The van der Waals surface area contributed by atoms with Gasteiger partial charge in [0.05, 0.1) is 39.4 Å². The molecular formula is C25H25FN8O4S. The van der Waals surface area contributed by atoms with E-state index in [0.717, 1.165) is 15.2 Å². The Morgan fingerprint density at radius 3 is 2.77 bits per heavy atom. The number of hydrogen-bond acceptors (Lipinski definition) is 11. The van der Waals surface area contributed by atoms with E-state index in [1.165, 1.54) is 23.3 Å². The number of hydrogen-bond donors (Lipinski definition) is 4. The highest BCUT2D eigenvalue weighted by atomic mass is 32.1. The minimum Gasteiger partial charge on any atom is -0.394 e. The predicted molar refractivity (Wildman–Crippen MR) is 140 cm³/mol. The van der Waals surface area contributed by atoms with Gasteiger partial charge in [0.1, 0.15) is 48.3 Å². The van der Waals surface area contributed by atoms with Crippen LogP contribution in [0.4, 0.5) is 10.1 Å². The Morgan fingerprint density at radius 2 is 2.00 bits per heavy atom. The van der Waals surface area contributed by atoms with E-state index >= 15 is 0 Å². The maximum atomic E-state index is 14.3. The van der Waals surface area contributed by atoms with Crippen LogP contribution in [-0.2, 0) is 4.74 Å². The van der Waals surface area contributed by atoms with Crippen molar-refractivity contribution in [1.82, 2.24) is 34.7 Å². The highest BCUT2D eigenvalue weighted by Gasteiger charge is 2.48. The molecule has 1 saturated heterocycles. The van der Waals surface area contributed by atoms with Crippen molar-refractivity contribution >= 4 is 27.2 Å². The number of thiazole rings is 1. The molecular weight excluding hydrogens is 527 g/mol. The monoisotopic (exact) mass is 552 g/mol. The van der Waals surface area contributed by atoms with Crippen molar-refractivity contribution < 1.29 is 24.4 Å². The van der Waals surface area contributed by atoms with Crippen LogP contribution in [0.1, 0.15) is 23.0 Å². The SMILES string of the molecule is CNc1ccc(-c2cn([C@H]3[C@@H](O)[C@@H](CO)O[C@@H](c4ncnn4-c4ccc5nc(C)sc5c4)[C@@H]3O)nn2)cc1F.